The van der Waals surface area contributed by atoms with Crippen molar-refractivity contribution < 1.29 is 18.8 Å². The number of nitrogens with zero attached hydrogens (tertiary/aromatic N) is 2. The van der Waals surface area contributed by atoms with Crippen LogP contribution in [0.3, 0.4) is 0 Å². The topological polar surface area (TPSA) is 69.7 Å². The van der Waals surface area contributed by atoms with Crippen LogP contribution in [0, 0.1) is 5.82 Å². The van der Waals surface area contributed by atoms with Crippen LogP contribution in [0.1, 0.15) is 24.5 Å². The number of likely N-dealkylation sites (N-methyl/N-ethyl adjacent to an activating group) is 1. The smallest absolute Gasteiger partial charge is 0.319 e. The second-order valence-corrected chi connectivity index (χ2v) is 7.00. The van der Waals surface area contributed by atoms with E-state index in [1.54, 1.807) is 6.92 Å². The van der Waals surface area contributed by atoms with E-state index < -0.39 is 29.2 Å². The van der Waals surface area contributed by atoms with E-state index in [0.29, 0.717) is 25.1 Å². The molecule has 144 valence electrons. The molecule has 1 atom stereocenters. The Kier molecular flexibility index (Phi) is 4.37. The van der Waals surface area contributed by atoms with Crippen LogP contribution in [0.15, 0.2) is 48.5 Å². The van der Waals surface area contributed by atoms with Gasteiger partial charge in [-0.25, -0.2) is 9.18 Å². The van der Waals surface area contributed by atoms with Gasteiger partial charge in [0.15, 0.2) is 0 Å². The van der Waals surface area contributed by atoms with Crippen molar-refractivity contribution in [1.29, 1.82) is 0 Å². The van der Waals surface area contributed by atoms with Crippen molar-refractivity contribution >= 4 is 23.5 Å². The maximum absolute atomic E-state index is 13.2. The van der Waals surface area contributed by atoms with Crippen molar-refractivity contribution in [2.75, 3.05) is 18.0 Å². The van der Waals surface area contributed by atoms with Gasteiger partial charge < -0.3 is 10.2 Å². The van der Waals surface area contributed by atoms with Gasteiger partial charge in [0.2, 0.25) is 5.91 Å². The van der Waals surface area contributed by atoms with E-state index in [9.17, 15) is 18.8 Å². The first-order chi connectivity index (χ1) is 13.5. The average Bonchev–Trinajstić information content (AvgIpc) is 3.17. The predicted molar refractivity (Wildman–Crippen MR) is 101 cm³/mol. The molecule has 2 aliphatic rings. The van der Waals surface area contributed by atoms with Crippen molar-refractivity contribution in [2.45, 2.75) is 25.3 Å². The zero-order valence-electron chi connectivity index (χ0n) is 15.4. The largest absolute Gasteiger partial charge is 0.325 e. The lowest BCUT2D eigenvalue weighted by Crippen LogP contribution is -2.45. The number of nitrogens with one attached hydrogen (secondary N) is 1. The van der Waals surface area contributed by atoms with E-state index in [1.807, 2.05) is 24.3 Å². The van der Waals surface area contributed by atoms with Crippen LogP contribution in [0.5, 0.6) is 0 Å². The lowest BCUT2D eigenvalue weighted by molar-refractivity contribution is -0.134. The molecule has 1 aliphatic carbocycles. The maximum atomic E-state index is 13.2. The van der Waals surface area contributed by atoms with Crippen molar-refractivity contribution in [3.05, 3.63) is 65.5 Å². The third-order valence-electron chi connectivity index (χ3n) is 5.47. The number of hydrogen-bond donors (Lipinski definition) is 1. The Bertz CT molecular complexity index is 960. The lowest BCUT2D eigenvalue weighted by Gasteiger charge is -2.24. The summed E-state index contributed by atoms with van der Waals surface area (Å²) < 4.78 is 13.2. The van der Waals surface area contributed by atoms with Crippen LogP contribution in [-0.2, 0) is 21.5 Å². The first kappa shape index (κ1) is 18.2. The van der Waals surface area contributed by atoms with Gasteiger partial charge in [-0.3, -0.25) is 14.5 Å². The highest BCUT2D eigenvalue weighted by Crippen LogP contribution is 2.41. The number of rotatable bonds is 4. The zero-order valence-corrected chi connectivity index (χ0v) is 15.4. The molecule has 2 aromatic rings. The summed E-state index contributed by atoms with van der Waals surface area (Å²) >= 11 is 0. The Labute approximate surface area is 161 Å². The molecular weight excluding hydrogens is 361 g/mol. The summed E-state index contributed by atoms with van der Waals surface area (Å²) in [6.45, 7) is 1.75. The second kappa shape index (κ2) is 6.74. The monoisotopic (exact) mass is 381 g/mol. The normalized spacial score (nSPS) is 20.4. The summed E-state index contributed by atoms with van der Waals surface area (Å²) in [4.78, 5) is 40.9. The molecule has 1 spiro atoms. The molecule has 1 fully saturated rings. The molecule has 1 unspecified atom stereocenters. The van der Waals surface area contributed by atoms with Crippen LogP contribution in [0.4, 0.5) is 14.9 Å². The van der Waals surface area contributed by atoms with Crippen LogP contribution < -0.4 is 10.2 Å². The molecule has 0 saturated carbocycles. The Hall–Kier alpha value is -3.22. The number of carbonyl (C=O) groups excluding carboxylic acids is 3. The van der Waals surface area contributed by atoms with Crippen molar-refractivity contribution in [2.24, 2.45) is 0 Å². The van der Waals surface area contributed by atoms with Crippen LogP contribution in [0.2, 0.25) is 0 Å². The molecule has 0 aromatic heterocycles. The fourth-order valence-corrected chi connectivity index (χ4v) is 4.08. The van der Waals surface area contributed by atoms with E-state index in [0.717, 1.165) is 16.0 Å². The highest BCUT2D eigenvalue weighted by molar-refractivity contribution is 6.11. The van der Waals surface area contributed by atoms with Gasteiger partial charge in [-0.2, -0.15) is 0 Å². The van der Waals surface area contributed by atoms with Gasteiger partial charge in [-0.05, 0) is 55.2 Å². The highest BCUT2D eigenvalue weighted by Gasteiger charge is 2.55. The second-order valence-electron chi connectivity index (χ2n) is 7.00. The minimum atomic E-state index is -1.08. The van der Waals surface area contributed by atoms with E-state index >= 15 is 0 Å². The molecule has 0 bridgehead atoms. The first-order valence-corrected chi connectivity index (χ1v) is 9.24. The van der Waals surface area contributed by atoms with Crippen molar-refractivity contribution in [3.8, 4) is 0 Å². The molecule has 1 N–H and O–H groups in total. The van der Waals surface area contributed by atoms with Gasteiger partial charge in [0.25, 0.3) is 5.91 Å². The van der Waals surface area contributed by atoms with Crippen LogP contribution in [0.25, 0.3) is 0 Å². The molecule has 1 aliphatic heterocycles. The van der Waals surface area contributed by atoms with E-state index in [1.165, 1.54) is 29.2 Å². The summed E-state index contributed by atoms with van der Waals surface area (Å²) in [6.07, 6.45) is 1.18. The molecule has 6 nitrogen and oxygen atoms in total. The van der Waals surface area contributed by atoms with Gasteiger partial charge >= 0.3 is 6.03 Å². The standard InChI is InChI=1S/C21H20FN3O3/c1-2-24(16-9-7-15(22)8-10-16)18(26)13-25-19(27)21(23-20(25)28)12-11-14-5-3-4-6-17(14)21/h3-10H,2,11-13H2,1H3,(H,23,28). The van der Waals surface area contributed by atoms with Crippen LogP contribution in [-0.4, -0.2) is 35.8 Å². The zero-order chi connectivity index (χ0) is 19.9. The Morgan fingerprint density at radius 2 is 1.89 bits per heavy atom. The number of benzene rings is 2. The average molecular weight is 381 g/mol. The predicted octanol–water partition coefficient (Wildman–Crippen LogP) is 2.57. The summed E-state index contributed by atoms with van der Waals surface area (Å²) in [6, 6.07) is 12.5. The van der Waals surface area contributed by atoms with Crippen molar-refractivity contribution in [3.63, 3.8) is 0 Å². The molecule has 1 heterocycles. The Balaban J connectivity index is 1.57. The number of halogens is 1. The molecule has 28 heavy (non-hydrogen) atoms. The lowest BCUT2D eigenvalue weighted by atomic mass is 9.92. The molecular formula is C21H20FN3O3. The third kappa shape index (κ3) is 2.74. The third-order valence-corrected chi connectivity index (χ3v) is 5.47. The highest BCUT2D eigenvalue weighted by atomic mass is 19.1. The minimum Gasteiger partial charge on any atom is -0.319 e. The summed E-state index contributed by atoms with van der Waals surface area (Å²) in [7, 11) is 0. The molecule has 4 rings (SSSR count). The number of aryl methyl sites for hydroxylation is 1. The van der Waals surface area contributed by atoms with Gasteiger partial charge in [0.05, 0.1) is 0 Å². The van der Waals surface area contributed by atoms with Crippen LogP contribution >= 0.6 is 0 Å². The number of imide groups is 1. The van der Waals surface area contributed by atoms with Gasteiger partial charge in [0.1, 0.15) is 17.9 Å². The SMILES string of the molecule is CCN(C(=O)CN1C(=O)NC2(CCc3ccccc32)C1=O)c1ccc(F)cc1. The Morgan fingerprint density at radius 3 is 2.61 bits per heavy atom. The van der Waals surface area contributed by atoms with E-state index in [4.69, 9.17) is 0 Å². The van der Waals surface area contributed by atoms with Gasteiger partial charge in [-0.1, -0.05) is 24.3 Å². The number of hydrogen-bond acceptors (Lipinski definition) is 3. The number of anilines is 1. The fraction of sp³-hybridized carbons (Fsp3) is 0.286. The van der Waals surface area contributed by atoms with Gasteiger partial charge in [-0.15, -0.1) is 0 Å². The number of urea groups is 1. The molecule has 2 aromatic carbocycles. The molecule has 1 saturated heterocycles. The first-order valence-electron chi connectivity index (χ1n) is 9.24. The molecule has 0 radical (unpaired) electrons. The van der Waals surface area contributed by atoms with Crippen molar-refractivity contribution in [1.82, 2.24) is 10.2 Å². The minimum absolute atomic E-state index is 0.335. The van der Waals surface area contributed by atoms with Gasteiger partial charge in [0, 0.05) is 12.2 Å². The fourth-order valence-electron chi connectivity index (χ4n) is 4.08. The van der Waals surface area contributed by atoms with E-state index in [2.05, 4.69) is 5.32 Å². The summed E-state index contributed by atoms with van der Waals surface area (Å²) in [5, 5.41) is 2.81. The Morgan fingerprint density at radius 1 is 1.18 bits per heavy atom. The summed E-state index contributed by atoms with van der Waals surface area (Å²) in [5.74, 6) is -1.20. The number of fused-ring (bicyclic) bond motifs is 2. The summed E-state index contributed by atoms with van der Waals surface area (Å²) in [5.41, 5.74) is 1.27. The quantitative estimate of drug-likeness (QED) is 0.828. The van der Waals surface area contributed by atoms with E-state index in [-0.39, 0.29) is 6.54 Å². The molecule has 7 heteroatoms. The number of carbonyl (C=O) groups is 3. The maximum Gasteiger partial charge on any atom is 0.325 e. The number of amides is 4. The molecule has 4 amide bonds.